The van der Waals surface area contributed by atoms with Gasteiger partial charge < -0.3 is 9.47 Å². The van der Waals surface area contributed by atoms with Crippen molar-refractivity contribution in [2.24, 2.45) is 0 Å². The molecule has 0 aliphatic heterocycles. The van der Waals surface area contributed by atoms with E-state index in [0.29, 0.717) is 0 Å². The van der Waals surface area contributed by atoms with Crippen molar-refractivity contribution in [3.8, 4) is 11.5 Å². The summed E-state index contributed by atoms with van der Waals surface area (Å²) >= 11 is 0. The molecular weight excluding hydrogens is 274 g/mol. The number of para-hydroxylation sites is 1. The lowest BCUT2D eigenvalue weighted by molar-refractivity contribution is 0.394. The van der Waals surface area contributed by atoms with E-state index < -0.39 is 0 Å². The van der Waals surface area contributed by atoms with E-state index in [1.165, 1.54) is 0 Å². The smallest absolute Gasteiger partial charge is 0.129 e. The average molecular weight is 291 g/mol. The van der Waals surface area contributed by atoms with Crippen molar-refractivity contribution in [2.45, 2.75) is 0 Å². The summed E-state index contributed by atoms with van der Waals surface area (Å²) < 4.78 is 10.6. The predicted octanol–water partition coefficient (Wildman–Crippen LogP) is 4.42. The third kappa shape index (κ3) is 2.93. The fourth-order valence-corrected chi connectivity index (χ4v) is 2.31. The molecule has 0 bridgehead atoms. The molecule has 0 aliphatic carbocycles. The van der Waals surface area contributed by atoms with E-state index in [9.17, 15) is 0 Å². The van der Waals surface area contributed by atoms with Gasteiger partial charge in [-0.3, -0.25) is 0 Å². The second kappa shape index (κ2) is 6.31. The van der Waals surface area contributed by atoms with Crippen molar-refractivity contribution in [3.63, 3.8) is 0 Å². The van der Waals surface area contributed by atoms with Gasteiger partial charge in [-0.1, -0.05) is 24.3 Å². The molecule has 1 heterocycles. The molecule has 0 aliphatic rings. The summed E-state index contributed by atoms with van der Waals surface area (Å²) in [5.74, 6) is 1.55. The Hall–Kier alpha value is -2.81. The molecule has 110 valence electrons. The summed E-state index contributed by atoms with van der Waals surface area (Å²) in [5.41, 5.74) is 2.89. The molecule has 0 amide bonds. The van der Waals surface area contributed by atoms with Crippen LogP contribution in [0.4, 0.5) is 0 Å². The van der Waals surface area contributed by atoms with Gasteiger partial charge in [-0.15, -0.1) is 0 Å². The highest BCUT2D eigenvalue weighted by Gasteiger charge is 2.02. The lowest BCUT2D eigenvalue weighted by Gasteiger charge is -2.07. The number of rotatable bonds is 4. The van der Waals surface area contributed by atoms with Crippen molar-refractivity contribution in [3.05, 3.63) is 65.9 Å². The first-order valence-electron chi connectivity index (χ1n) is 7.06. The number of ether oxygens (including phenoxy) is 2. The summed E-state index contributed by atoms with van der Waals surface area (Å²) in [6.45, 7) is 0. The zero-order valence-electron chi connectivity index (χ0n) is 12.6. The molecule has 3 aromatic rings. The maximum absolute atomic E-state index is 5.39. The molecule has 3 rings (SSSR count). The van der Waals surface area contributed by atoms with Gasteiger partial charge in [-0.25, -0.2) is 4.98 Å². The largest absolute Gasteiger partial charge is 0.497 e. The van der Waals surface area contributed by atoms with Crippen molar-refractivity contribution in [1.82, 2.24) is 4.98 Å². The van der Waals surface area contributed by atoms with Crippen LogP contribution in [0.3, 0.4) is 0 Å². The molecule has 0 saturated heterocycles. The van der Waals surface area contributed by atoms with Crippen LogP contribution >= 0.6 is 0 Å². The quantitative estimate of drug-likeness (QED) is 0.713. The second-order valence-corrected chi connectivity index (χ2v) is 4.87. The Morgan fingerprint density at radius 1 is 0.864 bits per heavy atom. The fraction of sp³-hybridized carbons (Fsp3) is 0.105. The van der Waals surface area contributed by atoms with Gasteiger partial charge in [0, 0.05) is 17.0 Å². The van der Waals surface area contributed by atoms with Crippen LogP contribution in [0.15, 0.2) is 54.6 Å². The number of hydrogen-bond acceptors (Lipinski definition) is 3. The number of methoxy groups -OCH3 is 2. The van der Waals surface area contributed by atoms with E-state index >= 15 is 0 Å². The summed E-state index contributed by atoms with van der Waals surface area (Å²) in [6, 6.07) is 17.9. The third-order valence-electron chi connectivity index (χ3n) is 3.49. The summed E-state index contributed by atoms with van der Waals surface area (Å²) in [6.07, 6.45) is 3.98. The van der Waals surface area contributed by atoms with Gasteiger partial charge in [0.1, 0.15) is 11.5 Å². The van der Waals surface area contributed by atoms with Gasteiger partial charge in [0.15, 0.2) is 0 Å². The zero-order chi connectivity index (χ0) is 15.4. The van der Waals surface area contributed by atoms with E-state index in [1.807, 2.05) is 54.6 Å². The molecule has 0 atom stereocenters. The number of hydrogen-bond donors (Lipinski definition) is 0. The Labute approximate surface area is 129 Å². The van der Waals surface area contributed by atoms with Gasteiger partial charge in [0.25, 0.3) is 0 Å². The van der Waals surface area contributed by atoms with E-state index in [4.69, 9.17) is 9.47 Å². The van der Waals surface area contributed by atoms with Gasteiger partial charge in [0.2, 0.25) is 0 Å². The minimum absolute atomic E-state index is 0.774. The van der Waals surface area contributed by atoms with E-state index in [2.05, 4.69) is 17.1 Å². The van der Waals surface area contributed by atoms with Crippen LogP contribution in [0.25, 0.3) is 23.1 Å². The Balaban J connectivity index is 1.92. The average Bonchev–Trinajstić information content (AvgIpc) is 2.59. The van der Waals surface area contributed by atoms with Crippen LogP contribution in [0.2, 0.25) is 0 Å². The Morgan fingerprint density at radius 2 is 1.73 bits per heavy atom. The Bertz CT molecular complexity index is 825. The molecule has 0 radical (unpaired) electrons. The lowest BCUT2D eigenvalue weighted by atomic mass is 10.1. The van der Waals surface area contributed by atoms with E-state index in [1.54, 1.807) is 14.2 Å². The van der Waals surface area contributed by atoms with Crippen LogP contribution in [0.5, 0.6) is 11.5 Å². The normalized spacial score (nSPS) is 11.0. The molecule has 2 aromatic carbocycles. The minimum Gasteiger partial charge on any atom is -0.497 e. The van der Waals surface area contributed by atoms with Crippen LogP contribution < -0.4 is 9.47 Å². The van der Waals surface area contributed by atoms with Gasteiger partial charge >= 0.3 is 0 Å². The third-order valence-corrected chi connectivity index (χ3v) is 3.49. The van der Waals surface area contributed by atoms with Gasteiger partial charge in [-0.05, 0) is 36.4 Å². The summed E-state index contributed by atoms with van der Waals surface area (Å²) in [4.78, 5) is 4.63. The number of fused-ring (bicyclic) bond motifs is 1. The Kier molecular flexibility index (Phi) is 4.05. The van der Waals surface area contributed by atoms with Crippen LogP contribution in [0, 0.1) is 0 Å². The summed E-state index contributed by atoms with van der Waals surface area (Å²) in [7, 11) is 3.30. The van der Waals surface area contributed by atoms with Crippen LogP contribution in [0.1, 0.15) is 11.3 Å². The highest BCUT2D eigenvalue weighted by molar-refractivity contribution is 5.81. The van der Waals surface area contributed by atoms with Gasteiger partial charge in [-0.2, -0.15) is 0 Å². The predicted molar refractivity (Wildman–Crippen MR) is 90.2 cm³/mol. The molecule has 0 N–H and O–H groups in total. The standard InChI is InChI=1S/C19H17NO2/c1-21-17-12-9-15(19(13-17)22-2)8-11-16-10-7-14-5-3-4-6-18(14)20-16/h3-13H,1-2H3/b11-8-. The van der Waals surface area contributed by atoms with Crippen molar-refractivity contribution in [2.75, 3.05) is 14.2 Å². The number of nitrogens with zero attached hydrogens (tertiary/aromatic N) is 1. The Morgan fingerprint density at radius 3 is 2.55 bits per heavy atom. The highest BCUT2D eigenvalue weighted by Crippen LogP contribution is 2.26. The lowest BCUT2D eigenvalue weighted by Crippen LogP contribution is -1.89. The van der Waals surface area contributed by atoms with E-state index in [-0.39, 0.29) is 0 Å². The van der Waals surface area contributed by atoms with Crippen molar-refractivity contribution >= 4 is 23.1 Å². The zero-order valence-corrected chi connectivity index (χ0v) is 12.6. The highest BCUT2D eigenvalue weighted by atomic mass is 16.5. The maximum atomic E-state index is 5.39. The SMILES string of the molecule is COc1ccc(/C=C\c2ccc3ccccc3n2)c(OC)c1. The van der Waals surface area contributed by atoms with Gasteiger partial charge in [0.05, 0.1) is 25.4 Å². The molecular formula is C19H17NO2. The first-order chi connectivity index (χ1) is 10.8. The topological polar surface area (TPSA) is 31.4 Å². The van der Waals surface area contributed by atoms with Crippen molar-refractivity contribution in [1.29, 1.82) is 0 Å². The first-order valence-corrected chi connectivity index (χ1v) is 7.06. The molecule has 3 heteroatoms. The van der Waals surface area contributed by atoms with Crippen molar-refractivity contribution < 1.29 is 9.47 Å². The monoisotopic (exact) mass is 291 g/mol. The molecule has 0 saturated carbocycles. The molecule has 3 nitrogen and oxygen atoms in total. The van der Waals surface area contributed by atoms with Crippen LogP contribution in [-0.2, 0) is 0 Å². The molecule has 0 unspecified atom stereocenters. The minimum atomic E-state index is 0.774. The van der Waals surface area contributed by atoms with E-state index in [0.717, 1.165) is 33.7 Å². The molecule has 1 aromatic heterocycles. The number of benzene rings is 2. The van der Waals surface area contributed by atoms with Crippen LogP contribution in [-0.4, -0.2) is 19.2 Å². The molecule has 0 fully saturated rings. The number of pyridine rings is 1. The fourth-order valence-electron chi connectivity index (χ4n) is 2.31. The first kappa shape index (κ1) is 14.1. The molecule has 0 spiro atoms. The molecule has 22 heavy (non-hydrogen) atoms. The maximum Gasteiger partial charge on any atom is 0.129 e. The summed E-state index contributed by atoms with van der Waals surface area (Å²) in [5, 5.41) is 1.14. The second-order valence-electron chi connectivity index (χ2n) is 4.87. The number of aromatic nitrogens is 1.